The van der Waals surface area contributed by atoms with Gasteiger partial charge in [-0.25, -0.2) is 0 Å². The van der Waals surface area contributed by atoms with Crippen LogP contribution in [-0.2, 0) is 6.54 Å². The van der Waals surface area contributed by atoms with Crippen LogP contribution in [-0.4, -0.2) is 11.5 Å². The Balaban J connectivity index is 1.94. The molecule has 0 spiro atoms. The fourth-order valence-electron chi connectivity index (χ4n) is 2.64. The zero-order valence-electron chi connectivity index (χ0n) is 11.1. The normalized spacial score (nSPS) is 16.9. The van der Waals surface area contributed by atoms with Crippen LogP contribution in [0.25, 0.3) is 0 Å². The van der Waals surface area contributed by atoms with E-state index in [1.165, 1.54) is 31.7 Å². The van der Waals surface area contributed by atoms with Gasteiger partial charge in [-0.1, -0.05) is 29.3 Å². The first-order chi connectivity index (χ1) is 9.04. The van der Waals surface area contributed by atoms with E-state index in [2.05, 4.69) is 28.2 Å². The summed E-state index contributed by atoms with van der Waals surface area (Å²) in [6.45, 7) is 3.93. The van der Waals surface area contributed by atoms with Gasteiger partial charge in [-0.15, -0.1) is 0 Å². The average Bonchev–Trinajstić information content (AvgIpc) is 2.32. The summed E-state index contributed by atoms with van der Waals surface area (Å²) in [5.74, 6) is 0. The lowest BCUT2D eigenvalue weighted by Crippen LogP contribution is -2.39. The molecule has 0 heterocycles. The molecule has 0 amide bonds. The first-order valence-corrected chi connectivity index (χ1v) is 7.48. The molecular formula is C14H19BrN2O2. The highest BCUT2D eigenvalue weighted by Gasteiger charge is 2.34. The van der Waals surface area contributed by atoms with E-state index >= 15 is 0 Å². The lowest BCUT2D eigenvalue weighted by atomic mass is 9.67. The van der Waals surface area contributed by atoms with Crippen LogP contribution in [0.1, 0.15) is 38.2 Å². The van der Waals surface area contributed by atoms with Gasteiger partial charge in [0.25, 0.3) is 5.69 Å². The average molecular weight is 327 g/mol. The molecule has 19 heavy (non-hydrogen) atoms. The SMILES string of the molecule is CCC1(CNCc2cc(Br)cc([N+](=O)[O-])c2)CCC1. The van der Waals surface area contributed by atoms with Crippen LogP contribution >= 0.6 is 15.9 Å². The van der Waals surface area contributed by atoms with E-state index in [4.69, 9.17) is 0 Å². The maximum absolute atomic E-state index is 10.8. The molecule has 1 saturated carbocycles. The van der Waals surface area contributed by atoms with Gasteiger partial charge in [0, 0.05) is 29.7 Å². The van der Waals surface area contributed by atoms with Gasteiger partial charge in [0.1, 0.15) is 0 Å². The van der Waals surface area contributed by atoms with E-state index in [9.17, 15) is 10.1 Å². The van der Waals surface area contributed by atoms with Gasteiger partial charge in [-0.2, -0.15) is 0 Å². The molecule has 4 nitrogen and oxygen atoms in total. The number of nitrogens with zero attached hydrogens (tertiary/aromatic N) is 1. The van der Waals surface area contributed by atoms with Gasteiger partial charge < -0.3 is 5.32 Å². The van der Waals surface area contributed by atoms with Crippen LogP contribution < -0.4 is 5.32 Å². The molecule has 1 aromatic rings. The van der Waals surface area contributed by atoms with E-state index in [0.29, 0.717) is 12.0 Å². The second kappa shape index (κ2) is 6.01. The van der Waals surface area contributed by atoms with E-state index < -0.39 is 0 Å². The summed E-state index contributed by atoms with van der Waals surface area (Å²) in [6, 6.07) is 5.10. The molecule has 0 unspecified atom stereocenters. The van der Waals surface area contributed by atoms with Gasteiger partial charge in [0.15, 0.2) is 0 Å². The van der Waals surface area contributed by atoms with Crippen molar-refractivity contribution in [2.24, 2.45) is 5.41 Å². The minimum Gasteiger partial charge on any atom is -0.312 e. The minimum absolute atomic E-state index is 0.139. The maximum Gasteiger partial charge on any atom is 0.270 e. The molecule has 0 saturated heterocycles. The summed E-state index contributed by atoms with van der Waals surface area (Å²) in [6.07, 6.45) is 5.14. The highest BCUT2D eigenvalue weighted by atomic mass is 79.9. The van der Waals surface area contributed by atoms with Crippen molar-refractivity contribution in [2.75, 3.05) is 6.54 Å². The van der Waals surface area contributed by atoms with Crippen molar-refractivity contribution in [3.63, 3.8) is 0 Å². The second-order valence-electron chi connectivity index (χ2n) is 5.39. The Morgan fingerprint density at radius 3 is 2.68 bits per heavy atom. The largest absolute Gasteiger partial charge is 0.312 e. The zero-order chi connectivity index (χ0) is 13.9. The molecule has 0 aromatic heterocycles. The van der Waals surface area contributed by atoms with E-state index in [1.54, 1.807) is 6.07 Å². The van der Waals surface area contributed by atoms with Crippen molar-refractivity contribution in [3.8, 4) is 0 Å². The molecule has 1 N–H and O–H groups in total. The van der Waals surface area contributed by atoms with E-state index in [1.807, 2.05) is 6.07 Å². The predicted molar refractivity (Wildman–Crippen MR) is 79.1 cm³/mol. The molecule has 0 bridgehead atoms. The Hall–Kier alpha value is -0.940. The van der Waals surface area contributed by atoms with Crippen LogP contribution in [0.5, 0.6) is 0 Å². The quantitative estimate of drug-likeness (QED) is 0.634. The number of nitrogens with one attached hydrogen (secondary N) is 1. The molecule has 0 aliphatic heterocycles. The third kappa shape index (κ3) is 3.54. The van der Waals surface area contributed by atoms with Crippen LogP contribution in [0.15, 0.2) is 22.7 Å². The Bertz CT molecular complexity index is 467. The monoisotopic (exact) mass is 326 g/mol. The molecule has 2 rings (SSSR count). The number of benzene rings is 1. The van der Waals surface area contributed by atoms with Crippen molar-refractivity contribution in [1.82, 2.24) is 5.32 Å². The van der Waals surface area contributed by atoms with Gasteiger partial charge in [0.2, 0.25) is 0 Å². The Morgan fingerprint density at radius 2 is 2.16 bits per heavy atom. The van der Waals surface area contributed by atoms with Crippen LogP contribution in [0, 0.1) is 15.5 Å². The minimum atomic E-state index is -0.353. The standard InChI is InChI=1S/C14H19BrN2O2/c1-2-14(4-3-5-14)10-16-9-11-6-12(15)8-13(7-11)17(18)19/h6-8,16H,2-5,9-10H2,1H3. The van der Waals surface area contributed by atoms with Crippen molar-refractivity contribution < 1.29 is 4.92 Å². The molecule has 104 valence electrons. The number of nitro benzene ring substituents is 1. The van der Waals surface area contributed by atoms with Crippen LogP contribution in [0.2, 0.25) is 0 Å². The van der Waals surface area contributed by atoms with Crippen molar-refractivity contribution in [1.29, 1.82) is 0 Å². The highest BCUT2D eigenvalue weighted by Crippen LogP contribution is 2.43. The number of nitro groups is 1. The molecule has 1 fully saturated rings. The van der Waals surface area contributed by atoms with Gasteiger partial charge in [-0.3, -0.25) is 10.1 Å². The predicted octanol–water partition coefficient (Wildman–Crippen LogP) is 4.03. The van der Waals surface area contributed by atoms with Crippen molar-refractivity contribution >= 4 is 21.6 Å². The Labute approximate surface area is 121 Å². The summed E-state index contributed by atoms with van der Waals surface area (Å²) < 4.78 is 0.757. The number of hydrogen-bond donors (Lipinski definition) is 1. The second-order valence-corrected chi connectivity index (χ2v) is 6.30. The molecule has 0 radical (unpaired) electrons. The van der Waals surface area contributed by atoms with Crippen molar-refractivity contribution in [2.45, 2.75) is 39.2 Å². The fraction of sp³-hybridized carbons (Fsp3) is 0.571. The van der Waals surface area contributed by atoms with E-state index in [0.717, 1.165) is 16.6 Å². The summed E-state index contributed by atoms with van der Waals surface area (Å²) in [5.41, 5.74) is 1.56. The topological polar surface area (TPSA) is 55.2 Å². The van der Waals surface area contributed by atoms with Gasteiger partial charge >= 0.3 is 0 Å². The van der Waals surface area contributed by atoms with Gasteiger partial charge in [0.05, 0.1) is 4.92 Å². The smallest absolute Gasteiger partial charge is 0.270 e. The summed E-state index contributed by atoms with van der Waals surface area (Å²) >= 11 is 3.32. The van der Waals surface area contributed by atoms with Crippen molar-refractivity contribution in [3.05, 3.63) is 38.3 Å². The zero-order valence-corrected chi connectivity index (χ0v) is 12.7. The Morgan fingerprint density at radius 1 is 1.42 bits per heavy atom. The van der Waals surface area contributed by atoms with Crippen LogP contribution in [0.3, 0.4) is 0 Å². The third-order valence-corrected chi connectivity index (χ3v) is 4.60. The summed E-state index contributed by atoms with van der Waals surface area (Å²) in [5, 5.41) is 14.2. The first-order valence-electron chi connectivity index (χ1n) is 6.69. The highest BCUT2D eigenvalue weighted by molar-refractivity contribution is 9.10. The molecule has 1 aromatic carbocycles. The first kappa shape index (κ1) is 14.5. The lowest BCUT2D eigenvalue weighted by molar-refractivity contribution is -0.385. The van der Waals surface area contributed by atoms with Gasteiger partial charge in [-0.05, 0) is 36.3 Å². The molecule has 1 aliphatic rings. The third-order valence-electron chi connectivity index (χ3n) is 4.15. The number of non-ortho nitro benzene ring substituents is 1. The molecule has 5 heteroatoms. The lowest BCUT2D eigenvalue weighted by Gasteiger charge is -2.41. The molecular weight excluding hydrogens is 308 g/mol. The summed E-state index contributed by atoms with van der Waals surface area (Å²) in [4.78, 5) is 10.5. The van der Waals surface area contributed by atoms with E-state index in [-0.39, 0.29) is 10.6 Å². The maximum atomic E-state index is 10.8. The number of halogens is 1. The molecule has 1 aliphatic carbocycles. The molecule has 0 atom stereocenters. The number of rotatable bonds is 6. The fourth-order valence-corrected chi connectivity index (χ4v) is 3.17. The Kier molecular flexibility index (Phi) is 4.58. The van der Waals surface area contributed by atoms with Crippen LogP contribution in [0.4, 0.5) is 5.69 Å². The number of hydrogen-bond acceptors (Lipinski definition) is 3. The summed E-state index contributed by atoms with van der Waals surface area (Å²) in [7, 11) is 0.